The van der Waals surface area contributed by atoms with E-state index in [0.29, 0.717) is 0 Å². The molecule has 0 aromatic carbocycles. The van der Waals surface area contributed by atoms with E-state index in [1.165, 1.54) is 0 Å². The molecule has 0 saturated carbocycles. The van der Waals surface area contributed by atoms with Gasteiger partial charge in [-0.1, -0.05) is 0 Å². The van der Waals surface area contributed by atoms with Crippen LogP contribution < -0.4 is 5.11 Å². The maximum Gasteiger partial charge on any atom is 3.00 e. The van der Waals surface area contributed by atoms with Gasteiger partial charge in [0.15, 0.2) is 5.97 Å². The summed E-state index contributed by atoms with van der Waals surface area (Å²) in [7, 11) is 0. The van der Waals surface area contributed by atoms with Crippen molar-refractivity contribution in [2.45, 2.75) is 0 Å². The van der Waals surface area contributed by atoms with Crippen LogP contribution in [-0.2, 0) is 15.1 Å². The summed E-state index contributed by atoms with van der Waals surface area (Å²) in [6.07, 6.45) is 0. The third-order valence-corrected chi connectivity index (χ3v) is 0.175. The Morgan fingerprint density at radius 1 is 1.38 bits per heavy atom. The van der Waals surface area contributed by atoms with E-state index in [-0.39, 0.29) is 45.4 Å². The topological polar surface area (TPSA) is 106 Å². The predicted octanol–water partition coefficient (Wildman–Crippen LogP) is -2.30. The van der Waals surface area contributed by atoms with Crippen molar-refractivity contribution in [2.24, 2.45) is 0 Å². The quantitative estimate of drug-likeness (QED) is 0.495. The molecule has 0 aromatic heterocycles. The first-order valence-corrected chi connectivity index (χ1v) is 1.09. The minimum absolute atomic E-state index is 0. The van der Waals surface area contributed by atoms with Crippen LogP contribution in [0.25, 0.3) is 0 Å². The fraction of sp³-hybridized carbons (Fsp3) is 0. The largest absolute Gasteiger partial charge is 3.00 e. The molecule has 0 aromatic rings. The Morgan fingerprint density at radius 3 is 1.50 bits per heavy atom. The zero-order chi connectivity index (χ0) is 5.15. The third-order valence-electron chi connectivity index (χ3n) is 0.175. The summed E-state index contributed by atoms with van der Waals surface area (Å²) in [6, 6.07) is 0. The van der Waals surface area contributed by atoms with Crippen LogP contribution in [0.3, 0.4) is 0 Å². The first-order valence-electron chi connectivity index (χ1n) is 1.09. The van der Waals surface area contributed by atoms with E-state index in [1.54, 1.807) is 0 Å². The first-order chi connectivity index (χ1) is 2.64. The molecule has 1 radical (unpaired) electrons. The summed E-state index contributed by atoms with van der Waals surface area (Å²) in [4.78, 5) is 18.0. The van der Waals surface area contributed by atoms with Crippen molar-refractivity contribution in [1.29, 1.82) is 0 Å². The van der Waals surface area contributed by atoms with Gasteiger partial charge in [-0.3, -0.25) is 0 Å². The fourth-order valence-corrected chi connectivity index (χ4v) is 0. The van der Waals surface area contributed by atoms with Crippen LogP contribution in [0.4, 0.5) is 0 Å². The van der Waals surface area contributed by atoms with Crippen molar-refractivity contribution < 1.29 is 65.2 Å². The number of hydrogen-bond donors (Lipinski definition) is 1. The number of carboxylic acids is 2. The summed E-state index contributed by atoms with van der Waals surface area (Å²) in [5, 5.41) is 16.3. The molecule has 5 nitrogen and oxygen atoms in total. The zero-order valence-corrected chi connectivity index (χ0v) is 5.70. The molecule has 0 heterocycles. The average molecular weight is 262 g/mol. The van der Waals surface area contributed by atoms with E-state index >= 15 is 0 Å². The van der Waals surface area contributed by atoms with Gasteiger partial charge >= 0.3 is 45.9 Å². The van der Waals surface area contributed by atoms with Gasteiger partial charge in [0.05, 0.1) is 0 Å². The van der Waals surface area contributed by atoms with Gasteiger partial charge in [-0.25, -0.2) is 4.79 Å². The monoisotopic (exact) mass is 263 g/mol. The molecule has 6 heteroatoms. The summed E-state index contributed by atoms with van der Waals surface area (Å²) in [6.45, 7) is 0. The molecule has 0 bridgehead atoms. The molecule has 0 aliphatic heterocycles. The maximum atomic E-state index is 9.04. The van der Waals surface area contributed by atoms with Gasteiger partial charge < -0.3 is 20.5 Å². The minimum Gasteiger partial charge on any atom is -2.00 e. The summed E-state index contributed by atoms with van der Waals surface area (Å²) >= 11 is 0. The normalized spacial score (nSPS) is 5.50. The molecule has 0 amide bonds. The van der Waals surface area contributed by atoms with E-state index in [9.17, 15) is 0 Å². The summed E-state index contributed by atoms with van der Waals surface area (Å²) in [5.74, 6) is -4.01. The second-order valence-corrected chi connectivity index (χ2v) is 0.593. The van der Waals surface area contributed by atoms with E-state index in [2.05, 4.69) is 0 Å². The van der Waals surface area contributed by atoms with Crippen molar-refractivity contribution in [3.05, 3.63) is 0 Å². The van der Waals surface area contributed by atoms with Crippen molar-refractivity contribution in [3.8, 4) is 0 Å². The van der Waals surface area contributed by atoms with Crippen molar-refractivity contribution in [1.82, 2.24) is 0 Å². The van der Waals surface area contributed by atoms with Gasteiger partial charge in [-0.15, -0.1) is 0 Å². The van der Waals surface area contributed by atoms with Gasteiger partial charge in [-0.05, 0) is 0 Å². The Labute approximate surface area is 76.7 Å². The van der Waals surface area contributed by atoms with Crippen LogP contribution in [0.2, 0.25) is 0 Å². The van der Waals surface area contributed by atoms with E-state index in [4.69, 9.17) is 19.8 Å². The van der Waals surface area contributed by atoms with Crippen LogP contribution in [0.5, 0.6) is 0 Å². The maximum absolute atomic E-state index is 9.04. The van der Waals surface area contributed by atoms with Gasteiger partial charge in [0.25, 0.3) is 0 Å². The number of carbonyl (C=O) groups excluding carboxylic acids is 1. The fourth-order valence-electron chi connectivity index (χ4n) is 0. The van der Waals surface area contributed by atoms with Crippen LogP contribution in [0.1, 0.15) is 0 Å². The first kappa shape index (κ1) is 15.7. The molecular formula is C2HGdO5. The number of carbonyl (C=O) groups is 2. The van der Waals surface area contributed by atoms with Gasteiger partial charge in [0.2, 0.25) is 0 Å². The van der Waals surface area contributed by atoms with Crippen molar-refractivity contribution in [2.75, 3.05) is 0 Å². The molecule has 0 fully saturated rings. The van der Waals surface area contributed by atoms with Crippen LogP contribution in [0.15, 0.2) is 0 Å². The predicted molar refractivity (Wildman–Crippen MR) is 13.3 cm³/mol. The minimum atomic E-state index is -2.07. The summed E-state index contributed by atoms with van der Waals surface area (Å²) < 4.78 is 0. The second-order valence-electron chi connectivity index (χ2n) is 0.593. The van der Waals surface area contributed by atoms with E-state index in [0.717, 1.165) is 0 Å². The zero-order valence-electron chi connectivity index (χ0n) is 3.43. The number of aliphatic carboxylic acids is 2. The molecule has 8 heavy (non-hydrogen) atoms. The van der Waals surface area contributed by atoms with Gasteiger partial charge in [0.1, 0.15) is 0 Å². The SMILES string of the molecule is O=C([O-])C(=O)O.[Gd+3].[O-2]. The molecule has 0 unspecified atom stereocenters. The van der Waals surface area contributed by atoms with E-state index < -0.39 is 11.9 Å². The molecule has 0 rings (SSSR count). The molecular weight excluding hydrogens is 261 g/mol. The second kappa shape index (κ2) is 7.22. The average Bonchev–Trinajstić information content (AvgIpc) is 1.36. The Hall–Kier alpha value is 0.225. The smallest absolute Gasteiger partial charge is 2.00 e. The molecule has 0 saturated heterocycles. The molecule has 0 atom stereocenters. The van der Waals surface area contributed by atoms with Crippen molar-refractivity contribution in [3.63, 3.8) is 0 Å². The number of hydrogen-bond acceptors (Lipinski definition) is 3. The molecule has 0 spiro atoms. The van der Waals surface area contributed by atoms with Crippen LogP contribution >= 0.6 is 0 Å². The standard InChI is InChI=1S/C2H2O4.Gd.O/c3-1(4)2(5)6;;/h(H,3,4)(H,5,6);;/q;+3;-2/p-1. The van der Waals surface area contributed by atoms with Crippen LogP contribution in [-0.4, -0.2) is 17.0 Å². The molecule has 1 N–H and O–H groups in total. The summed E-state index contributed by atoms with van der Waals surface area (Å²) in [5.41, 5.74) is 0. The Kier molecular flexibility index (Phi) is 14.2. The Balaban J connectivity index is -0.000000125. The molecule has 47 valence electrons. The number of carboxylic acid groups (broad SMARTS) is 2. The molecule has 0 aliphatic carbocycles. The van der Waals surface area contributed by atoms with Crippen LogP contribution in [0, 0.1) is 39.9 Å². The van der Waals surface area contributed by atoms with E-state index in [1.807, 2.05) is 0 Å². The van der Waals surface area contributed by atoms with Crippen molar-refractivity contribution >= 4 is 11.9 Å². The Morgan fingerprint density at radius 2 is 1.50 bits per heavy atom. The molecule has 0 aliphatic rings. The van der Waals surface area contributed by atoms with Gasteiger partial charge in [-0.2, -0.15) is 0 Å². The Bertz CT molecular complexity index is 76.4. The third kappa shape index (κ3) is 9.52. The van der Waals surface area contributed by atoms with Gasteiger partial charge in [0, 0.05) is 0 Å². The number of rotatable bonds is 0.